The number of carbonyl (C=O) groups is 2. The molecule has 1 spiro atoms. The van der Waals surface area contributed by atoms with Crippen LogP contribution in [0.5, 0.6) is 0 Å². The number of aryl methyl sites for hydroxylation is 2. The van der Waals surface area contributed by atoms with Crippen molar-refractivity contribution >= 4 is 33.5 Å². The molecule has 3 N–H and O–H groups in total. The fourth-order valence-electron chi connectivity index (χ4n) is 5.30. The van der Waals surface area contributed by atoms with Crippen LogP contribution in [0.2, 0.25) is 0 Å². The van der Waals surface area contributed by atoms with E-state index in [0.29, 0.717) is 30.8 Å². The molecule has 9 nitrogen and oxygen atoms in total. The summed E-state index contributed by atoms with van der Waals surface area (Å²) in [4.78, 5) is 30.7. The lowest BCUT2D eigenvalue weighted by Gasteiger charge is -2.34. The Hall–Kier alpha value is -3.24. The lowest BCUT2D eigenvalue weighted by molar-refractivity contribution is -0.124. The van der Waals surface area contributed by atoms with E-state index < -0.39 is 21.6 Å². The second-order valence-electron chi connectivity index (χ2n) is 11.7. The van der Waals surface area contributed by atoms with Gasteiger partial charge in [0.05, 0.1) is 5.75 Å². The molecule has 0 atom stereocenters. The van der Waals surface area contributed by atoms with Crippen LogP contribution in [-0.2, 0) is 26.7 Å². The Bertz CT molecular complexity index is 1390. The van der Waals surface area contributed by atoms with Crippen molar-refractivity contribution in [2.75, 3.05) is 30.8 Å². The van der Waals surface area contributed by atoms with E-state index in [9.17, 15) is 18.0 Å². The third-order valence-electron chi connectivity index (χ3n) is 7.96. The highest BCUT2D eigenvalue weighted by Gasteiger charge is 2.47. The van der Waals surface area contributed by atoms with E-state index in [-0.39, 0.29) is 30.2 Å². The third-order valence-corrected chi connectivity index (χ3v) is 9.83. The first-order valence-electron chi connectivity index (χ1n) is 13.3. The summed E-state index contributed by atoms with van der Waals surface area (Å²) in [7, 11) is -1.93. The number of nitrogens with one attached hydrogen (secondary N) is 1. The maximum Gasteiger partial charge on any atom is 0.318 e. The van der Waals surface area contributed by atoms with Crippen molar-refractivity contribution in [3.8, 4) is 0 Å². The first kappa shape index (κ1) is 28.8. The van der Waals surface area contributed by atoms with E-state index in [1.54, 1.807) is 7.05 Å². The Morgan fingerprint density at radius 1 is 1.10 bits per heavy atom. The zero-order valence-electron chi connectivity index (χ0n) is 23.7. The Morgan fingerprint density at radius 3 is 2.18 bits per heavy atom. The van der Waals surface area contributed by atoms with Gasteiger partial charge >= 0.3 is 6.03 Å². The molecule has 1 saturated heterocycles. The van der Waals surface area contributed by atoms with E-state index in [4.69, 9.17) is 10.7 Å². The number of nitrogens with zero attached hydrogens (tertiary/aromatic N) is 3. The first-order chi connectivity index (χ1) is 18.1. The summed E-state index contributed by atoms with van der Waals surface area (Å²) >= 11 is 0. The number of aliphatic imine (C=N–C) groups is 1. The maximum atomic E-state index is 13.2. The topological polar surface area (TPSA) is 125 Å². The van der Waals surface area contributed by atoms with E-state index >= 15 is 0 Å². The summed E-state index contributed by atoms with van der Waals surface area (Å²) < 4.78 is 28.0. The Kier molecular flexibility index (Phi) is 7.66. The molecule has 39 heavy (non-hydrogen) atoms. The van der Waals surface area contributed by atoms with Crippen LogP contribution in [0.4, 0.5) is 10.5 Å². The number of urea groups is 1. The standard InChI is InChI=1S/C29H39N5O4S/c1-19-17-23(33(6)27(30)36)18-20(2)24(19)11-16-39(37,38)34-14-12-29(13-15-34)26(35)31-25(32-29)21-7-9-22(10-8-21)28(3,4)5/h7-10,17-18H,11-16H2,1-6H3,(H2,30,36)(H,31,32,35). The van der Waals surface area contributed by atoms with Gasteiger partial charge in [-0.3, -0.25) is 14.7 Å². The van der Waals surface area contributed by atoms with Crippen LogP contribution in [0, 0.1) is 13.8 Å². The zero-order chi connectivity index (χ0) is 28.8. The van der Waals surface area contributed by atoms with E-state index in [0.717, 1.165) is 22.3 Å². The molecule has 0 aliphatic carbocycles. The number of nitrogens with two attached hydrogens (primary N) is 1. The molecule has 0 unspecified atom stereocenters. The summed E-state index contributed by atoms with van der Waals surface area (Å²) in [6, 6.07) is 11.2. The number of rotatable bonds is 6. The monoisotopic (exact) mass is 553 g/mol. The first-order valence-corrected chi connectivity index (χ1v) is 14.9. The van der Waals surface area contributed by atoms with Crippen molar-refractivity contribution in [1.29, 1.82) is 0 Å². The van der Waals surface area contributed by atoms with Crippen molar-refractivity contribution in [1.82, 2.24) is 9.62 Å². The van der Waals surface area contributed by atoms with Crippen LogP contribution >= 0.6 is 0 Å². The van der Waals surface area contributed by atoms with Crippen LogP contribution < -0.4 is 16.0 Å². The van der Waals surface area contributed by atoms with E-state index in [2.05, 4.69) is 38.2 Å². The zero-order valence-corrected chi connectivity index (χ0v) is 24.5. The number of sulfonamides is 1. The minimum atomic E-state index is -3.53. The molecule has 3 amide bonds. The summed E-state index contributed by atoms with van der Waals surface area (Å²) in [6.45, 7) is 10.8. The number of hydrogen-bond donors (Lipinski definition) is 2. The molecule has 10 heteroatoms. The van der Waals surface area contributed by atoms with Gasteiger partial charge in [-0.25, -0.2) is 17.5 Å². The summed E-state index contributed by atoms with van der Waals surface area (Å²) in [5.41, 5.74) is 9.96. The number of amides is 3. The molecule has 0 aromatic heterocycles. The fraction of sp³-hybridized carbons (Fsp3) is 0.483. The predicted octanol–water partition coefficient (Wildman–Crippen LogP) is 3.40. The van der Waals surface area contributed by atoms with E-state index in [1.807, 2.05) is 38.1 Å². The second-order valence-corrected chi connectivity index (χ2v) is 13.8. The molecule has 0 radical (unpaired) electrons. The lowest BCUT2D eigenvalue weighted by atomic mass is 9.86. The number of anilines is 1. The summed E-state index contributed by atoms with van der Waals surface area (Å²) in [6.07, 6.45) is 1.04. The van der Waals surface area contributed by atoms with Crippen molar-refractivity contribution in [3.63, 3.8) is 0 Å². The minimum absolute atomic E-state index is 0.0291. The molecule has 0 saturated carbocycles. The highest BCUT2D eigenvalue weighted by Crippen LogP contribution is 2.33. The smallest absolute Gasteiger partial charge is 0.318 e. The molecular formula is C29H39N5O4S. The molecule has 0 bridgehead atoms. The van der Waals surface area contributed by atoms with Gasteiger partial charge in [0.25, 0.3) is 5.91 Å². The summed E-state index contributed by atoms with van der Waals surface area (Å²) in [5, 5.41) is 2.93. The van der Waals surface area contributed by atoms with Gasteiger partial charge in [-0.05, 0) is 72.9 Å². The van der Waals surface area contributed by atoms with Crippen molar-refractivity contribution < 1.29 is 18.0 Å². The molecule has 2 heterocycles. The molecule has 1 fully saturated rings. The van der Waals surface area contributed by atoms with Crippen LogP contribution in [0.3, 0.4) is 0 Å². The van der Waals surface area contributed by atoms with Crippen LogP contribution in [0.15, 0.2) is 41.4 Å². The predicted molar refractivity (Wildman–Crippen MR) is 155 cm³/mol. The third kappa shape index (κ3) is 5.86. The normalized spacial score (nSPS) is 17.7. The molecule has 2 aliphatic rings. The molecule has 2 aromatic rings. The van der Waals surface area contributed by atoms with Crippen molar-refractivity contribution in [2.24, 2.45) is 10.7 Å². The number of primary amides is 1. The SMILES string of the molecule is Cc1cc(N(C)C(N)=O)cc(C)c1CCS(=O)(=O)N1CCC2(CC1)N=C(c1ccc(C(C)(C)C)cc1)NC2=O. The van der Waals surface area contributed by atoms with Crippen LogP contribution in [0.25, 0.3) is 0 Å². The molecule has 2 aliphatic heterocycles. The van der Waals surface area contributed by atoms with Crippen LogP contribution in [0.1, 0.15) is 61.4 Å². The Balaban J connectivity index is 1.42. The second kappa shape index (κ2) is 10.4. The average Bonchev–Trinajstić information content (AvgIpc) is 3.17. The molecule has 2 aromatic carbocycles. The van der Waals surface area contributed by atoms with Gasteiger partial charge in [-0.15, -0.1) is 0 Å². The molecular weight excluding hydrogens is 514 g/mol. The number of benzene rings is 2. The van der Waals surface area contributed by atoms with Crippen molar-refractivity contribution in [3.05, 3.63) is 64.2 Å². The highest BCUT2D eigenvalue weighted by molar-refractivity contribution is 7.89. The van der Waals surface area contributed by atoms with Gasteiger partial charge in [-0.1, -0.05) is 45.0 Å². The molecule has 210 valence electrons. The number of carbonyl (C=O) groups excluding carboxylic acids is 2. The number of piperidine rings is 1. The average molecular weight is 554 g/mol. The molecule has 4 rings (SSSR count). The maximum absolute atomic E-state index is 13.2. The van der Waals surface area contributed by atoms with Gasteiger partial charge < -0.3 is 11.1 Å². The minimum Gasteiger partial charge on any atom is -0.351 e. The highest BCUT2D eigenvalue weighted by atomic mass is 32.2. The van der Waals surface area contributed by atoms with Gasteiger partial charge in [0.1, 0.15) is 11.4 Å². The van der Waals surface area contributed by atoms with Gasteiger partial charge in [0.2, 0.25) is 10.0 Å². The largest absolute Gasteiger partial charge is 0.351 e. The van der Waals surface area contributed by atoms with Gasteiger partial charge in [-0.2, -0.15) is 0 Å². The fourth-order valence-corrected chi connectivity index (χ4v) is 6.76. The quantitative estimate of drug-likeness (QED) is 0.569. The van der Waals surface area contributed by atoms with Gasteiger partial charge in [0.15, 0.2) is 0 Å². The number of amidine groups is 1. The van der Waals surface area contributed by atoms with Crippen molar-refractivity contribution in [2.45, 2.75) is 64.8 Å². The lowest BCUT2D eigenvalue weighted by Crippen LogP contribution is -2.50. The summed E-state index contributed by atoms with van der Waals surface area (Å²) in [5.74, 6) is 0.350. The van der Waals surface area contributed by atoms with Gasteiger partial charge in [0, 0.05) is 31.4 Å². The Labute approximate surface area is 231 Å². The Morgan fingerprint density at radius 2 is 1.67 bits per heavy atom. The van der Waals surface area contributed by atoms with Crippen LogP contribution in [-0.4, -0.2) is 61.9 Å². The van der Waals surface area contributed by atoms with E-state index in [1.165, 1.54) is 14.8 Å². The number of hydrogen-bond acceptors (Lipinski definition) is 5.